The molecule has 10 heteroatoms. The molecule has 4 aromatic carbocycles. The maximum absolute atomic E-state index is 14.4. The fourth-order valence-corrected chi connectivity index (χ4v) is 5.74. The van der Waals surface area contributed by atoms with E-state index in [9.17, 15) is 26.3 Å². The molecule has 0 saturated heterocycles. The Hall–Kier alpha value is -2.38. The van der Waals surface area contributed by atoms with Crippen LogP contribution in [0.4, 0.5) is 26.3 Å². The quantitative estimate of drug-likeness (QED) is 0.119. The molecule has 4 aromatic rings. The third kappa shape index (κ3) is 7.57. The second-order valence-corrected chi connectivity index (χ2v) is 11.2. The van der Waals surface area contributed by atoms with Gasteiger partial charge < -0.3 is 18.9 Å². The third-order valence-electron chi connectivity index (χ3n) is 7.36. The first kappa shape index (κ1) is 34.1. The molecule has 1 aliphatic rings. The molecule has 0 amide bonds. The van der Waals surface area contributed by atoms with E-state index >= 15 is 0 Å². The summed E-state index contributed by atoms with van der Waals surface area (Å²) in [6.45, 7) is 0. The van der Waals surface area contributed by atoms with Crippen LogP contribution >= 0.6 is 18.5 Å². The van der Waals surface area contributed by atoms with Crippen molar-refractivity contribution in [1.29, 1.82) is 0 Å². The van der Waals surface area contributed by atoms with Gasteiger partial charge in [0, 0.05) is 0 Å². The van der Waals surface area contributed by atoms with Gasteiger partial charge >= 0.3 is 16.5 Å². The van der Waals surface area contributed by atoms with Crippen molar-refractivity contribution in [2.45, 2.75) is 32.1 Å². The van der Waals surface area contributed by atoms with E-state index in [1.807, 2.05) is 0 Å². The van der Waals surface area contributed by atoms with E-state index < -0.39 is 41.0 Å². The van der Waals surface area contributed by atoms with Crippen molar-refractivity contribution in [3.05, 3.63) is 126 Å². The van der Waals surface area contributed by atoms with Crippen LogP contribution in [0.1, 0.15) is 32.1 Å². The molecule has 0 fully saturated rings. The largest absolute Gasteiger partial charge is 3.00 e. The molecule has 2 atom stereocenters. The number of benzene rings is 4. The van der Waals surface area contributed by atoms with Gasteiger partial charge in [0.15, 0.2) is 34.9 Å². The molecular weight excluding hydrogens is 630 g/mol. The summed E-state index contributed by atoms with van der Waals surface area (Å²) in [4.78, 5) is 0. The van der Waals surface area contributed by atoms with Gasteiger partial charge in [-0.2, -0.15) is 28.3 Å². The number of halogens is 6. The molecule has 0 heterocycles. The van der Waals surface area contributed by atoms with Gasteiger partial charge in [-0.15, -0.1) is 18.5 Å². The summed E-state index contributed by atoms with van der Waals surface area (Å²) in [7, 11) is 5.06. The molecule has 1 radical (unpaired) electrons. The van der Waals surface area contributed by atoms with E-state index in [-0.39, 0.29) is 32.9 Å². The zero-order valence-corrected chi connectivity index (χ0v) is 25.7. The average Bonchev–Trinajstić information content (AvgIpc) is 2.92. The Balaban J connectivity index is 0.000000466. The molecule has 0 spiro atoms. The Morgan fingerprint density at radius 1 is 0.571 bits per heavy atom. The minimum absolute atomic E-state index is 0. The molecular formula is C32H28BF6NiP2. The summed E-state index contributed by atoms with van der Waals surface area (Å²) in [5.41, 5.74) is 1.000. The summed E-state index contributed by atoms with van der Waals surface area (Å²) in [6.07, 6.45) is 11.4. The Labute approximate surface area is 257 Å². The molecule has 0 aromatic heterocycles. The van der Waals surface area contributed by atoms with E-state index in [1.165, 1.54) is 43.9 Å². The molecule has 0 nitrogen and oxygen atoms in total. The maximum Gasteiger partial charge on any atom is 3.00 e. The number of hydrogen-bond donors (Lipinski definition) is 0. The van der Waals surface area contributed by atoms with Gasteiger partial charge in [-0.05, 0) is 28.8 Å². The maximum atomic E-state index is 14.4. The van der Waals surface area contributed by atoms with Gasteiger partial charge in [0.25, 0.3) is 0 Å². The van der Waals surface area contributed by atoms with Gasteiger partial charge in [-0.1, -0.05) is 73.9 Å². The second-order valence-electron chi connectivity index (χ2n) is 9.96. The van der Waals surface area contributed by atoms with Crippen LogP contribution in [0.5, 0.6) is 0 Å². The SMILES string of the molecule is Fc1ccc([B-](c2ccc(F)c(F)c2)(c2ccc(F)c(F)c2)c2ccc(P)c(P)c2)cc1F.[C-]1=CCCCC[CH-]C1.[Ni+3]. The van der Waals surface area contributed by atoms with Gasteiger partial charge in [-0.25, -0.2) is 26.3 Å². The minimum Gasteiger partial charge on any atom is -0.531 e. The van der Waals surface area contributed by atoms with Crippen LogP contribution in [0.15, 0.2) is 78.9 Å². The second kappa shape index (κ2) is 15.4. The average molecular weight is 658 g/mol. The van der Waals surface area contributed by atoms with E-state index in [0.29, 0.717) is 5.46 Å². The van der Waals surface area contributed by atoms with Crippen molar-refractivity contribution in [2.75, 3.05) is 0 Å². The summed E-state index contributed by atoms with van der Waals surface area (Å²) in [5.74, 6) is -6.82. The molecule has 2 unspecified atom stereocenters. The first-order valence-corrected chi connectivity index (χ1v) is 14.3. The molecule has 0 saturated carbocycles. The van der Waals surface area contributed by atoms with Gasteiger partial charge in [0.05, 0.1) is 0 Å². The summed E-state index contributed by atoms with van der Waals surface area (Å²) in [5, 5.41) is 1.53. The topological polar surface area (TPSA) is 0 Å². The first-order valence-electron chi connectivity index (χ1n) is 13.2. The van der Waals surface area contributed by atoms with Crippen LogP contribution in [-0.2, 0) is 16.5 Å². The van der Waals surface area contributed by atoms with Crippen LogP contribution in [-0.4, -0.2) is 6.15 Å². The van der Waals surface area contributed by atoms with Crippen molar-refractivity contribution >= 4 is 57.1 Å². The molecule has 221 valence electrons. The minimum atomic E-state index is -2.59. The van der Waals surface area contributed by atoms with Crippen molar-refractivity contribution in [3.63, 3.8) is 0 Å². The smallest absolute Gasteiger partial charge is 0.531 e. The van der Waals surface area contributed by atoms with Crippen molar-refractivity contribution in [3.8, 4) is 0 Å². The van der Waals surface area contributed by atoms with Crippen LogP contribution in [0.2, 0.25) is 0 Å². The molecule has 0 aliphatic heterocycles. The van der Waals surface area contributed by atoms with Crippen LogP contribution < -0.4 is 32.5 Å². The van der Waals surface area contributed by atoms with Crippen molar-refractivity contribution in [2.24, 2.45) is 0 Å². The molecule has 5 rings (SSSR count). The summed E-state index contributed by atoms with van der Waals surface area (Å²) < 4.78 is 84.9. The Kier molecular flexibility index (Phi) is 12.5. The third-order valence-corrected chi connectivity index (χ3v) is 8.71. The van der Waals surface area contributed by atoms with E-state index in [1.54, 1.807) is 18.2 Å². The van der Waals surface area contributed by atoms with E-state index in [4.69, 9.17) is 0 Å². The summed E-state index contributed by atoms with van der Waals surface area (Å²) >= 11 is 0. The molecule has 0 bridgehead atoms. The van der Waals surface area contributed by atoms with Crippen LogP contribution in [0, 0.1) is 47.4 Å². The van der Waals surface area contributed by atoms with Crippen LogP contribution in [0.3, 0.4) is 0 Å². The Morgan fingerprint density at radius 3 is 1.48 bits per heavy atom. The first-order chi connectivity index (χ1) is 19.6. The standard InChI is InChI=1S/C24H16BF6P2.C8H12.Ni/c26-17-5-1-13(9-20(17)29)25(14-2-6-18(27)21(30)10-14,15-3-7-19(28)22(31)11-15)16-4-8-23(32)24(33)12-16;1-2-4-6-8-7-5-3-1;/h1-12H,32-33H2;1,7H,2-4,6,8H2;/q-1;-2;+3. The van der Waals surface area contributed by atoms with E-state index in [0.717, 1.165) is 53.4 Å². The fraction of sp³-hybridized carbons (Fsp3) is 0.156. The van der Waals surface area contributed by atoms with Crippen molar-refractivity contribution in [1.82, 2.24) is 0 Å². The Bertz CT molecular complexity index is 1340. The summed E-state index contributed by atoms with van der Waals surface area (Å²) in [6, 6.07) is 14.6. The van der Waals surface area contributed by atoms with Crippen LogP contribution in [0.25, 0.3) is 0 Å². The van der Waals surface area contributed by atoms with Gasteiger partial charge in [-0.3, -0.25) is 6.08 Å². The Morgan fingerprint density at radius 2 is 1.02 bits per heavy atom. The predicted molar refractivity (Wildman–Crippen MR) is 164 cm³/mol. The number of rotatable bonds is 4. The predicted octanol–water partition coefficient (Wildman–Crippen LogP) is 5.41. The van der Waals surface area contributed by atoms with Gasteiger partial charge in [0.1, 0.15) is 6.15 Å². The number of allylic oxidation sites excluding steroid dienone is 2. The van der Waals surface area contributed by atoms with E-state index in [2.05, 4.69) is 37.1 Å². The fourth-order valence-electron chi connectivity index (χ4n) is 5.27. The zero-order valence-electron chi connectivity index (χ0n) is 22.4. The molecule has 0 N–H and O–H groups in total. The molecule has 1 aliphatic carbocycles. The monoisotopic (exact) mass is 657 g/mol. The normalized spacial score (nSPS) is 13.3. The number of hydrogen-bond acceptors (Lipinski definition) is 0. The molecule has 42 heavy (non-hydrogen) atoms. The zero-order chi connectivity index (χ0) is 29.6. The van der Waals surface area contributed by atoms with Crippen molar-refractivity contribution < 1.29 is 42.8 Å². The van der Waals surface area contributed by atoms with Gasteiger partial charge in [0.2, 0.25) is 0 Å².